The molecule has 1 rings (SSSR count). The molecule has 0 N–H and O–H groups in total. The van der Waals surface area contributed by atoms with E-state index in [2.05, 4.69) is 27.7 Å². The van der Waals surface area contributed by atoms with Gasteiger partial charge in [0.25, 0.3) is 0 Å². The minimum Gasteiger partial charge on any atom is -0.213 e. The molecule has 0 radical (unpaired) electrons. The van der Waals surface area contributed by atoms with Crippen LogP contribution in [0.2, 0.25) is 0 Å². The van der Waals surface area contributed by atoms with Crippen molar-refractivity contribution >= 4 is 10.0 Å². The molecule has 0 aromatic heterocycles. The van der Waals surface area contributed by atoms with Crippen molar-refractivity contribution in [3.05, 3.63) is 0 Å². The zero-order chi connectivity index (χ0) is 11.9. The second-order valence-corrected chi connectivity index (χ2v) is 7.71. The third kappa shape index (κ3) is 2.94. The van der Waals surface area contributed by atoms with Gasteiger partial charge in [-0.25, -0.2) is 12.7 Å². The van der Waals surface area contributed by atoms with Crippen molar-refractivity contribution in [3.63, 3.8) is 0 Å². The zero-order valence-electron chi connectivity index (χ0n) is 10.4. The van der Waals surface area contributed by atoms with Crippen molar-refractivity contribution in [2.45, 2.75) is 34.1 Å². The quantitative estimate of drug-likeness (QED) is 0.731. The van der Waals surface area contributed by atoms with Gasteiger partial charge >= 0.3 is 0 Å². The Bertz CT molecular complexity index is 319. The first-order chi connectivity index (χ1) is 6.64. The van der Waals surface area contributed by atoms with Gasteiger partial charge in [0.05, 0.1) is 6.26 Å². The first-order valence-electron chi connectivity index (χ1n) is 5.60. The Balaban J connectivity index is 2.82. The summed E-state index contributed by atoms with van der Waals surface area (Å²) in [6.07, 6.45) is 2.29. The molecular formula is C11H23NO2S. The Morgan fingerprint density at radius 3 is 2.20 bits per heavy atom. The largest absolute Gasteiger partial charge is 0.213 e. The van der Waals surface area contributed by atoms with Crippen LogP contribution in [0.4, 0.5) is 0 Å². The lowest BCUT2D eigenvalue weighted by molar-refractivity contribution is 0.0697. The van der Waals surface area contributed by atoms with E-state index in [4.69, 9.17) is 0 Å². The molecule has 0 spiro atoms. The van der Waals surface area contributed by atoms with Gasteiger partial charge in [-0.15, -0.1) is 0 Å². The summed E-state index contributed by atoms with van der Waals surface area (Å²) >= 11 is 0. The van der Waals surface area contributed by atoms with Crippen LogP contribution in [0.5, 0.6) is 0 Å². The molecule has 15 heavy (non-hydrogen) atoms. The zero-order valence-corrected chi connectivity index (χ0v) is 11.3. The molecule has 1 aliphatic heterocycles. The summed E-state index contributed by atoms with van der Waals surface area (Å²) in [6, 6.07) is 0. The molecule has 1 atom stereocenters. The highest BCUT2D eigenvalue weighted by Crippen LogP contribution is 2.39. The van der Waals surface area contributed by atoms with Crippen LogP contribution in [-0.4, -0.2) is 32.1 Å². The summed E-state index contributed by atoms with van der Waals surface area (Å²) in [5.74, 6) is 1.25. The second kappa shape index (κ2) is 4.06. The van der Waals surface area contributed by atoms with Gasteiger partial charge in [0.2, 0.25) is 10.0 Å². The molecule has 0 aliphatic carbocycles. The Hall–Kier alpha value is -0.0900. The van der Waals surface area contributed by atoms with Gasteiger partial charge in [-0.2, -0.15) is 0 Å². The van der Waals surface area contributed by atoms with E-state index in [0.29, 0.717) is 24.9 Å². The third-order valence-corrected chi connectivity index (χ3v) is 4.80. The normalized spacial score (nSPS) is 28.3. The molecule has 1 heterocycles. The number of rotatable bonds is 2. The van der Waals surface area contributed by atoms with E-state index in [0.717, 1.165) is 6.42 Å². The lowest BCUT2D eigenvalue weighted by Crippen LogP contribution is -2.49. The van der Waals surface area contributed by atoms with Crippen LogP contribution >= 0.6 is 0 Å². The maximum Gasteiger partial charge on any atom is 0.211 e. The van der Waals surface area contributed by atoms with Gasteiger partial charge in [-0.1, -0.05) is 27.7 Å². The molecule has 1 saturated heterocycles. The average molecular weight is 233 g/mol. The minimum absolute atomic E-state index is 0.0928. The van der Waals surface area contributed by atoms with Crippen LogP contribution in [0.15, 0.2) is 0 Å². The molecule has 0 amide bonds. The molecule has 3 nitrogen and oxygen atoms in total. The highest BCUT2D eigenvalue weighted by molar-refractivity contribution is 7.88. The van der Waals surface area contributed by atoms with Gasteiger partial charge in [0.15, 0.2) is 0 Å². The molecule has 0 aromatic carbocycles. The maximum atomic E-state index is 11.5. The molecule has 0 saturated carbocycles. The van der Waals surface area contributed by atoms with E-state index in [-0.39, 0.29) is 5.41 Å². The van der Waals surface area contributed by atoms with Gasteiger partial charge < -0.3 is 0 Å². The summed E-state index contributed by atoms with van der Waals surface area (Å²) in [7, 11) is -3.01. The SMILES string of the molecule is CC(C)C1CCN(S(C)(=O)=O)CC1(C)C. The fraction of sp³-hybridized carbons (Fsp3) is 1.00. The number of sulfonamides is 1. The smallest absolute Gasteiger partial charge is 0.211 e. The van der Waals surface area contributed by atoms with Crippen LogP contribution in [0.3, 0.4) is 0 Å². The highest BCUT2D eigenvalue weighted by atomic mass is 32.2. The summed E-state index contributed by atoms with van der Waals surface area (Å²) in [4.78, 5) is 0. The number of piperidine rings is 1. The third-order valence-electron chi connectivity index (χ3n) is 3.55. The fourth-order valence-electron chi connectivity index (χ4n) is 2.84. The number of hydrogen-bond acceptors (Lipinski definition) is 2. The Labute approximate surface area is 93.9 Å². The predicted octanol–water partition coefficient (Wildman–Crippen LogP) is 1.95. The van der Waals surface area contributed by atoms with Gasteiger partial charge in [-0.05, 0) is 23.7 Å². The van der Waals surface area contributed by atoms with Gasteiger partial charge in [0.1, 0.15) is 0 Å². The molecule has 0 bridgehead atoms. The second-order valence-electron chi connectivity index (χ2n) is 5.72. The highest BCUT2D eigenvalue weighted by Gasteiger charge is 2.39. The van der Waals surface area contributed by atoms with Crippen LogP contribution in [0.1, 0.15) is 34.1 Å². The van der Waals surface area contributed by atoms with Crippen molar-refractivity contribution in [2.75, 3.05) is 19.3 Å². The molecule has 1 aliphatic rings. The molecule has 1 fully saturated rings. The lowest BCUT2D eigenvalue weighted by atomic mass is 9.69. The molecule has 1 unspecified atom stereocenters. The summed E-state index contributed by atoms with van der Waals surface area (Å²) in [5.41, 5.74) is 0.0928. The Morgan fingerprint density at radius 1 is 1.33 bits per heavy atom. The molecule has 90 valence electrons. The van der Waals surface area contributed by atoms with E-state index in [1.165, 1.54) is 6.26 Å². The van der Waals surface area contributed by atoms with E-state index in [9.17, 15) is 8.42 Å². The minimum atomic E-state index is -3.01. The number of nitrogens with zero attached hydrogens (tertiary/aromatic N) is 1. The van der Waals surface area contributed by atoms with E-state index < -0.39 is 10.0 Å². The van der Waals surface area contributed by atoms with Crippen molar-refractivity contribution in [1.29, 1.82) is 0 Å². The van der Waals surface area contributed by atoms with Gasteiger partial charge in [-0.3, -0.25) is 0 Å². The van der Waals surface area contributed by atoms with Crippen molar-refractivity contribution in [3.8, 4) is 0 Å². The van der Waals surface area contributed by atoms with Crippen molar-refractivity contribution in [2.24, 2.45) is 17.3 Å². The van der Waals surface area contributed by atoms with E-state index >= 15 is 0 Å². The summed E-state index contributed by atoms with van der Waals surface area (Å²) in [5, 5.41) is 0. The van der Waals surface area contributed by atoms with E-state index in [1.54, 1.807) is 4.31 Å². The van der Waals surface area contributed by atoms with Crippen LogP contribution in [0.25, 0.3) is 0 Å². The van der Waals surface area contributed by atoms with Crippen molar-refractivity contribution in [1.82, 2.24) is 4.31 Å². The van der Waals surface area contributed by atoms with Crippen LogP contribution < -0.4 is 0 Å². The number of hydrogen-bond donors (Lipinski definition) is 0. The van der Waals surface area contributed by atoms with Crippen molar-refractivity contribution < 1.29 is 8.42 Å². The summed E-state index contributed by atoms with van der Waals surface area (Å²) < 4.78 is 24.6. The first kappa shape index (κ1) is 13.0. The topological polar surface area (TPSA) is 37.4 Å². The van der Waals surface area contributed by atoms with Gasteiger partial charge in [0, 0.05) is 13.1 Å². The monoisotopic (exact) mass is 233 g/mol. The van der Waals surface area contributed by atoms with Crippen LogP contribution in [0, 0.1) is 17.3 Å². The average Bonchev–Trinajstić information content (AvgIpc) is 1.99. The molecular weight excluding hydrogens is 210 g/mol. The fourth-order valence-corrected chi connectivity index (χ4v) is 3.85. The Kier molecular flexibility index (Phi) is 3.51. The molecule has 0 aromatic rings. The summed E-state index contributed by atoms with van der Waals surface area (Å²) in [6.45, 7) is 10.1. The lowest BCUT2D eigenvalue weighted by Gasteiger charge is -2.45. The maximum absolute atomic E-state index is 11.5. The molecule has 4 heteroatoms. The standard InChI is InChI=1S/C11H23NO2S/c1-9(2)10-6-7-12(15(5,13)14)8-11(10,3)4/h9-10H,6-8H2,1-5H3. The van der Waals surface area contributed by atoms with Crippen LogP contribution in [-0.2, 0) is 10.0 Å². The first-order valence-corrected chi connectivity index (χ1v) is 7.44. The van der Waals surface area contributed by atoms with E-state index in [1.807, 2.05) is 0 Å². The Morgan fingerprint density at radius 2 is 1.87 bits per heavy atom. The predicted molar refractivity (Wildman–Crippen MR) is 63.1 cm³/mol.